The van der Waals surface area contributed by atoms with Gasteiger partial charge in [0.05, 0.1) is 0 Å². The van der Waals surface area contributed by atoms with Crippen LogP contribution in [0.4, 0.5) is 0 Å². The number of nitrogens with zero attached hydrogens (tertiary/aromatic N) is 2. The van der Waals surface area contributed by atoms with Gasteiger partial charge in [-0.2, -0.15) is 0 Å². The molecule has 2 aliphatic heterocycles. The zero-order valence-electron chi connectivity index (χ0n) is 13.9. The first-order valence-electron chi connectivity index (χ1n) is 8.79. The van der Waals surface area contributed by atoms with Crippen LogP contribution in [0.5, 0.6) is 0 Å². The van der Waals surface area contributed by atoms with Crippen molar-refractivity contribution in [1.29, 1.82) is 0 Å². The maximum atomic E-state index is 3.77. The van der Waals surface area contributed by atoms with E-state index in [0.29, 0.717) is 6.04 Å². The number of piperidine rings is 2. The van der Waals surface area contributed by atoms with Gasteiger partial charge in [0.2, 0.25) is 0 Å². The molecule has 0 aromatic carbocycles. The van der Waals surface area contributed by atoms with Crippen molar-refractivity contribution in [3.63, 3.8) is 0 Å². The van der Waals surface area contributed by atoms with Gasteiger partial charge in [-0.15, -0.1) is 0 Å². The molecule has 0 bridgehead atoms. The number of hydrogen-bond donors (Lipinski definition) is 1. The quantitative estimate of drug-likeness (QED) is 0.754. The van der Waals surface area contributed by atoms with Crippen LogP contribution >= 0.6 is 0 Å². The van der Waals surface area contributed by atoms with Crippen LogP contribution in [0.2, 0.25) is 0 Å². The van der Waals surface area contributed by atoms with E-state index in [1.165, 1.54) is 71.4 Å². The van der Waals surface area contributed by atoms with Crippen molar-refractivity contribution in [2.75, 3.05) is 46.3 Å². The molecule has 1 unspecified atom stereocenters. The third-order valence-corrected chi connectivity index (χ3v) is 5.46. The summed E-state index contributed by atoms with van der Waals surface area (Å²) in [4.78, 5) is 5.11. The average Bonchev–Trinajstić information content (AvgIpc) is 2.46. The molecule has 0 spiro atoms. The molecule has 0 saturated carbocycles. The van der Waals surface area contributed by atoms with Gasteiger partial charge in [0.1, 0.15) is 0 Å². The van der Waals surface area contributed by atoms with E-state index in [0.717, 1.165) is 11.8 Å². The minimum absolute atomic E-state index is 0.699. The molecule has 0 aromatic rings. The second-order valence-corrected chi connectivity index (χ2v) is 7.26. The van der Waals surface area contributed by atoms with Crippen molar-refractivity contribution in [2.45, 2.75) is 52.0 Å². The van der Waals surface area contributed by atoms with E-state index in [-0.39, 0.29) is 0 Å². The molecular weight excluding hydrogens is 246 g/mol. The standard InChI is InChI=1S/C17H35N3/c1-15-5-13-20(14-6-15)10-4-9-18-16(2)17-7-11-19(3)12-8-17/h15-18H,4-14H2,1-3H3. The molecule has 2 fully saturated rings. The first-order chi connectivity index (χ1) is 9.65. The van der Waals surface area contributed by atoms with Gasteiger partial charge in [0.15, 0.2) is 0 Å². The topological polar surface area (TPSA) is 18.5 Å². The van der Waals surface area contributed by atoms with Crippen LogP contribution in [0.15, 0.2) is 0 Å². The van der Waals surface area contributed by atoms with Crippen molar-refractivity contribution in [1.82, 2.24) is 15.1 Å². The summed E-state index contributed by atoms with van der Waals surface area (Å²) in [6.07, 6.45) is 6.85. The van der Waals surface area contributed by atoms with E-state index in [9.17, 15) is 0 Å². The van der Waals surface area contributed by atoms with Crippen LogP contribution < -0.4 is 5.32 Å². The van der Waals surface area contributed by atoms with Crippen molar-refractivity contribution in [3.8, 4) is 0 Å². The molecule has 20 heavy (non-hydrogen) atoms. The average molecular weight is 281 g/mol. The largest absolute Gasteiger partial charge is 0.314 e. The maximum Gasteiger partial charge on any atom is 0.00679 e. The molecule has 2 rings (SSSR count). The fraction of sp³-hybridized carbons (Fsp3) is 1.00. The van der Waals surface area contributed by atoms with Crippen molar-refractivity contribution in [2.24, 2.45) is 11.8 Å². The third kappa shape index (κ3) is 5.34. The van der Waals surface area contributed by atoms with Crippen LogP contribution in [0.25, 0.3) is 0 Å². The Balaban J connectivity index is 1.52. The number of hydrogen-bond acceptors (Lipinski definition) is 3. The van der Waals surface area contributed by atoms with Crippen molar-refractivity contribution >= 4 is 0 Å². The SMILES string of the molecule is CC1CCN(CCCNC(C)C2CCN(C)CC2)CC1. The van der Waals surface area contributed by atoms with Gasteiger partial charge in [-0.1, -0.05) is 6.92 Å². The molecule has 1 atom stereocenters. The molecule has 0 aliphatic carbocycles. The molecule has 3 nitrogen and oxygen atoms in total. The Morgan fingerprint density at radius 1 is 1.05 bits per heavy atom. The molecule has 2 saturated heterocycles. The van der Waals surface area contributed by atoms with Crippen LogP contribution in [0, 0.1) is 11.8 Å². The Labute approximate surface area is 126 Å². The summed E-state index contributed by atoms with van der Waals surface area (Å²) in [6, 6.07) is 0.699. The lowest BCUT2D eigenvalue weighted by Crippen LogP contribution is -2.41. The Hall–Kier alpha value is -0.120. The first kappa shape index (κ1) is 16.3. The predicted octanol–water partition coefficient (Wildman–Crippen LogP) is 2.43. The monoisotopic (exact) mass is 281 g/mol. The summed E-state index contributed by atoms with van der Waals surface area (Å²) >= 11 is 0. The zero-order chi connectivity index (χ0) is 14.4. The van der Waals surface area contributed by atoms with Gasteiger partial charge in [0, 0.05) is 6.04 Å². The van der Waals surface area contributed by atoms with Gasteiger partial charge < -0.3 is 15.1 Å². The predicted molar refractivity (Wildman–Crippen MR) is 87.1 cm³/mol. The summed E-state index contributed by atoms with van der Waals surface area (Å²) < 4.78 is 0. The van der Waals surface area contributed by atoms with Crippen LogP contribution in [0.3, 0.4) is 0 Å². The van der Waals surface area contributed by atoms with Gasteiger partial charge >= 0.3 is 0 Å². The van der Waals surface area contributed by atoms with Crippen molar-refractivity contribution in [3.05, 3.63) is 0 Å². The van der Waals surface area contributed by atoms with Crippen molar-refractivity contribution < 1.29 is 0 Å². The van der Waals surface area contributed by atoms with Gasteiger partial charge in [-0.3, -0.25) is 0 Å². The highest BCUT2D eigenvalue weighted by Crippen LogP contribution is 2.19. The van der Waals surface area contributed by atoms with E-state index < -0.39 is 0 Å². The lowest BCUT2D eigenvalue weighted by atomic mass is 9.90. The van der Waals surface area contributed by atoms with E-state index >= 15 is 0 Å². The van der Waals surface area contributed by atoms with Gasteiger partial charge in [0.25, 0.3) is 0 Å². The Kier molecular flexibility index (Phi) is 6.79. The fourth-order valence-corrected chi connectivity index (χ4v) is 3.61. The number of nitrogens with one attached hydrogen (secondary N) is 1. The maximum absolute atomic E-state index is 3.77. The summed E-state index contributed by atoms with van der Waals surface area (Å²) in [5, 5.41) is 3.77. The highest BCUT2D eigenvalue weighted by Gasteiger charge is 2.21. The molecule has 1 N–H and O–H groups in total. The Morgan fingerprint density at radius 3 is 2.35 bits per heavy atom. The molecule has 0 amide bonds. The Morgan fingerprint density at radius 2 is 1.70 bits per heavy atom. The summed E-state index contributed by atoms with van der Waals surface area (Å²) in [6.45, 7) is 12.5. The zero-order valence-corrected chi connectivity index (χ0v) is 13.9. The second kappa shape index (κ2) is 8.35. The summed E-state index contributed by atoms with van der Waals surface area (Å²) in [5.74, 6) is 1.84. The normalized spacial score (nSPS) is 25.9. The molecule has 2 aliphatic rings. The van der Waals surface area contributed by atoms with Crippen LogP contribution in [0.1, 0.15) is 46.0 Å². The molecule has 118 valence electrons. The van der Waals surface area contributed by atoms with E-state index in [2.05, 4.69) is 36.0 Å². The van der Waals surface area contributed by atoms with Crippen LogP contribution in [-0.2, 0) is 0 Å². The number of likely N-dealkylation sites (tertiary alicyclic amines) is 2. The van der Waals surface area contributed by atoms with E-state index in [4.69, 9.17) is 0 Å². The fourth-order valence-electron chi connectivity index (χ4n) is 3.61. The van der Waals surface area contributed by atoms with Crippen LogP contribution in [-0.4, -0.2) is 62.2 Å². The highest BCUT2D eigenvalue weighted by atomic mass is 15.1. The minimum Gasteiger partial charge on any atom is -0.314 e. The van der Waals surface area contributed by atoms with Gasteiger partial charge in [-0.25, -0.2) is 0 Å². The molecule has 2 heterocycles. The first-order valence-corrected chi connectivity index (χ1v) is 8.79. The lowest BCUT2D eigenvalue weighted by molar-refractivity contribution is 0.179. The summed E-state index contributed by atoms with van der Waals surface area (Å²) in [5.41, 5.74) is 0. The molecule has 0 radical (unpaired) electrons. The number of rotatable bonds is 6. The molecule has 3 heteroatoms. The smallest absolute Gasteiger partial charge is 0.00679 e. The molecule has 0 aromatic heterocycles. The Bertz CT molecular complexity index is 253. The van der Waals surface area contributed by atoms with E-state index in [1.54, 1.807) is 0 Å². The lowest BCUT2D eigenvalue weighted by Gasteiger charge is -2.33. The minimum atomic E-state index is 0.699. The van der Waals surface area contributed by atoms with Gasteiger partial charge in [-0.05, 0) is 97.2 Å². The molecular formula is C17H35N3. The summed E-state index contributed by atoms with van der Waals surface area (Å²) in [7, 11) is 2.24. The van der Waals surface area contributed by atoms with E-state index in [1.807, 2.05) is 0 Å². The third-order valence-electron chi connectivity index (χ3n) is 5.46. The second-order valence-electron chi connectivity index (χ2n) is 7.26. The highest BCUT2D eigenvalue weighted by molar-refractivity contribution is 4.78.